The Bertz CT molecular complexity index is 159. The van der Waals surface area contributed by atoms with Crippen molar-refractivity contribution in [3.8, 4) is 6.07 Å². The average molecular weight is 153 g/mol. The SMILES string of the molecule is CN(N)C1CCCCC1C#N. The monoisotopic (exact) mass is 153 g/mol. The highest BCUT2D eigenvalue weighted by molar-refractivity contribution is 4.93. The summed E-state index contributed by atoms with van der Waals surface area (Å²) in [6, 6.07) is 2.60. The first-order valence-corrected chi connectivity index (χ1v) is 4.13. The lowest BCUT2D eigenvalue weighted by Crippen LogP contribution is -2.43. The van der Waals surface area contributed by atoms with Gasteiger partial charge in [-0.2, -0.15) is 5.26 Å². The fourth-order valence-electron chi connectivity index (χ4n) is 1.75. The third kappa shape index (κ3) is 1.92. The summed E-state index contributed by atoms with van der Waals surface area (Å²) < 4.78 is 0. The Morgan fingerprint density at radius 3 is 2.55 bits per heavy atom. The van der Waals surface area contributed by atoms with Gasteiger partial charge in [0.1, 0.15) is 0 Å². The van der Waals surface area contributed by atoms with Crippen molar-refractivity contribution in [3.63, 3.8) is 0 Å². The van der Waals surface area contributed by atoms with E-state index < -0.39 is 0 Å². The van der Waals surface area contributed by atoms with E-state index in [0.717, 1.165) is 12.8 Å². The zero-order valence-electron chi connectivity index (χ0n) is 6.95. The van der Waals surface area contributed by atoms with Gasteiger partial charge in [0, 0.05) is 13.1 Å². The van der Waals surface area contributed by atoms with Crippen LogP contribution in [-0.4, -0.2) is 18.1 Å². The third-order valence-electron chi connectivity index (χ3n) is 2.42. The van der Waals surface area contributed by atoms with Gasteiger partial charge in [0.2, 0.25) is 0 Å². The fraction of sp³-hybridized carbons (Fsp3) is 0.875. The molecule has 1 aliphatic carbocycles. The molecule has 62 valence electrons. The molecule has 1 rings (SSSR count). The van der Waals surface area contributed by atoms with Gasteiger partial charge in [0.05, 0.1) is 12.0 Å². The summed E-state index contributed by atoms with van der Waals surface area (Å²) >= 11 is 0. The zero-order chi connectivity index (χ0) is 8.27. The van der Waals surface area contributed by atoms with Gasteiger partial charge in [-0.15, -0.1) is 0 Å². The quantitative estimate of drug-likeness (QED) is 0.449. The van der Waals surface area contributed by atoms with Crippen molar-refractivity contribution in [2.24, 2.45) is 11.8 Å². The van der Waals surface area contributed by atoms with Gasteiger partial charge in [-0.05, 0) is 12.8 Å². The molecule has 1 aliphatic rings. The van der Waals surface area contributed by atoms with E-state index in [9.17, 15) is 0 Å². The Hall–Kier alpha value is -0.590. The molecule has 0 radical (unpaired) electrons. The second kappa shape index (κ2) is 3.70. The van der Waals surface area contributed by atoms with E-state index in [1.807, 2.05) is 7.05 Å². The van der Waals surface area contributed by atoms with Crippen molar-refractivity contribution in [2.75, 3.05) is 7.05 Å². The zero-order valence-corrected chi connectivity index (χ0v) is 6.95. The van der Waals surface area contributed by atoms with Gasteiger partial charge < -0.3 is 0 Å². The minimum absolute atomic E-state index is 0.152. The molecule has 0 aromatic rings. The summed E-state index contributed by atoms with van der Waals surface area (Å²) in [6.45, 7) is 0. The Morgan fingerprint density at radius 2 is 2.09 bits per heavy atom. The molecular weight excluding hydrogens is 138 g/mol. The molecule has 0 amide bonds. The molecule has 0 saturated heterocycles. The molecule has 0 aromatic carbocycles. The summed E-state index contributed by atoms with van der Waals surface area (Å²) in [5.41, 5.74) is 0. The summed E-state index contributed by atoms with van der Waals surface area (Å²) in [4.78, 5) is 0. The maximum atomic E-state index is 8.78. The van der Waals surface area contributed by atoms with Gasteiger partial charge in [0.15, 0.2) is 0 Å². The highest BCUT2D eigenvalue weighted by Gasteiger charge is 2.26. The van der Waals surface area contributed by atoms with E-state index >= 15 is 0 Å². The molecule has 0 spiro atoms. The van der Waals surface area contributed by atoms with Crippen LogP contribution in [0.4, 0.5) is 0 Å². The van der Waals surface area contributed by atoms with Crippen LogP contribution in [0, 0.1) is 17.2 Å². The average Bonchev–Trinajstić information content (AvgIpc) is 2.04. The van der Waals surface area contributed by atoms with Gasteiger partial charge in [-0.3, -0.25) is 5.84 Å². The van der Waals surface area contributed by atoms with E-state index in [1.54, 1.807) is 5.01 Å². The molecule has 0 aromatic heterocycles. The number of hydrogen-bond donors (Lipinski definition) is 1. The molecule has 1 fully saturated rings. The summed E-state index contributed by atoms with van der Waals surface area (Å²) in [6.07, 6.45) is 4.49. The standard InChI is InChI=1S/C8H15N3/c1-11(10)8-5-3-2-4-7(8)6-9/h7-8H,2-5,10H2,1H3. The van der Waals surface area contributed by atoms with Crippen LogP contribution < -0.4 is 5.84 Å². The number of nitrogens with zero attached hydrogens (tertiary/aromatic N) is 2. The minimum atomic E-state index is 0.152. The topological polar surface area (TPSA) is 53.0 Å². The van der Waals surface area contributed by atoms with Crippen molar-refractivity contribution in [1.29, 1.82) is 5.26 Å². The van der Waals surface area contributed by atoms with Crippen molar-refractivity contribution in [2.45, 2.75) is 31.7 Å². The highest BCUT2D eigenvalue weighted by Crippen LogP contribution is 2.25. The molecule has 3 heteroatoms. The van der Waals surface area contributed by atoms with E-state index in [1.165, 1.54) is 12.8 Å². The molecule has 2 unspecified atom stereocenters. The first-order chi connectivity index (χ1) is 5.25. The second-order valence-corrected chi connectivity index (χ2v) is 3.25. The van der Waals surface area contributed by atoms with Crippen LogP contribution in [0.1, 0.15) is 25.7 Å². The third-order valence-corrected chi connectivity index (χ3v) is 2.42. The number of rotatable bonds is 1. The smallest absolute Gasteiger partial charge is 0.0672 e. The van der Waals surface area contributed by atoms with Crippen LogP contribution in [0.5, 0.6) is 0 Å². The van der Waals surface area contributed by atoms with Gasteiger partial charge in [0.25, 0.3) is 0 Å². The normalized spacial score (nSPS) is 31.8. The molecule has 11 heavy (non-hydrogen) atoms. The molecule has 2 atom stereocenters. The Morgan fingerprint density at radius 1 is 1.45 bits per heavy atom. The molecule has 2 N–H and O–H groups in total. The Kier molecular flexibility index (Phi) is 2.86. The van der Waals surface area contributed by atoms with Crippen LogP contribution in [0.2, 0.25) is 0 Å². The molecule has 0 aliphatic heterocycles. The van der Waals surface area contributed by atoms with Crippen LogP contribution in [-0.2, 0) is 0 Å². The maximum absolute atomic E-state index is 8.78. The van der Waals surface area contributed by atoms with Crippen molar-refractivity contribution in [1.82, 2.24) is 5.01 Å². The highest BCUT2D eigenvalue weighted by atomic mass is 15.4. The lowest BCUT2D eigenvalue weighted by molar-refractivity contribution is 0.160. The number of nitrogens with two attached hydrogens (primary N) is 1. The first-order valence-electron chi connectivity index (χ1n) is 4.13. The van der Waals surface area contributed by atoms with Crippen LogP contribution in [0.15, 0.2) is 0 Å². The second-order valence-electron chi connectivity index (χ2n) is 3.25. The van der Waals surface area contributed by atoms with E-state index in [4.69, 9.17) is 11.1 Å². The molecule has 0 bridgehead atoms. The Labute approximate surface area is 67.8 Å². The molecular formula is C8H15N3. The fourth-order valence-corrected chi connectivity index (χ4v) is 1.75. The Balaban J connectivity index is 2.53. The maximum Gasteiger partial charge on any atom is 0.0672 e. The van der Waals surface area contributed by atoms with Crippen LogP contribution in [0.25, 0.3) is 0 Å². The summed E-state index contributed by atoms with van der Waals surface area (Å²) in [5.74, 6) is 5.77. The van der Waals surface area contributed by atoms with Gasteiger partial charge in [-0.25, -0.2) is 5.01 Å². The van der Waals surface area contributed by atoms with E-state index in [2.05, 4.69) is 6.07 Å². The van der Waals surface area contributed by atoms with Crippen molar-refractivity contribution in [3.05, 3.63) is 0 Å². The minimum Gasteiger partial charge on any atom is -0.269 e. The molecule has 0 heterocycles. The molecule has 1 saturated carbocycles. The van der Waals surface area contributed by atoms with Crippen molar-refractivity contribution >= 4 is 0 Å². The van der Waals surface area contributed by atoms with Crippen molar-refractivity contribution < 1.29 is 0 Å². The predicted molar refractivity (Wildman–Crippen MR) is 43.3 cm³/mol. The van der Waals surface area contributed by atoms with E-state index in [-0.39, 0.29) is 12.0 Å². The van der Waals surface area contributed by atoms with Gasteiger partial charge in [-0.1, -0.05) is 12.8 Å². The van der Waals surface area contributed by atoms with E-state index in [0.29, 0.717) is 0 Å². The summed E-state index contributed by atoms with van der Waals surface area (Å²) in [5, 5.41) is 10.5. The van der Waals surface area contributed by atoms with Crippen LogP contribution in [0.3, 0.4) is 0 Å². The lowest BCUT2D eigenvalue weighted by atomic mass is 9.85. The van der Waals surface area contributed by atoms with Crippen LogP contribution >= 0.6 is 0 Å². The molecule has 3 nitrogen and oxygen atoms in total. The number of hydrogen-bond acceptors (Lipinski definition) is 3. The first kappa shape index (κ1) is 8.51. The number of nitriles is 1. The lowest BCUT2D eigenvalue weighted by Gasteiger charge is -2.31. The summed E-state index contributed by atoms with van der Waals surface area (Å²) in [7, 11) is 1.85. The predicted octanol–water partition coefficient (Wildman–Crippen LogP) is 0.874. The number of hydrazine groups is 1. The largest absolute Gasteiger partial charge is 0.269 e. The van der Waals surface area contributed by atoms with Gasteiger partial charge >= 0.3 is 0 Å².